The molecular weight excluding hydrogens is 213 g/mol. The first-order valence-electron chi connectivity index (χ1n) is 3.01. The zero-order valence-electron chi connectivity index (χ0n) is 5.58. The van der Waals surface area contributed by atoms with Gasteiger partial charge in [0.25, 0.3) is 0 Å². The molecule has 0 radical (unpaired) electrons. The van der Waals surface area contributed by atoms with Crippen LogP contribution in [0.15, 0.2) is 0 Å². The van der Waals surface area contributed by atoms with E-state index in [4.69, 9.17) is 0 Å². The molecule has 0 amide bonds. The van der Waals surface area contributed by atoms with Crippen LogP contribution in [0, 0.1) is 0 Å². The lowest BCUT2D eigenvalue weighted by molar-refractivity contribution is 0.664. The molecular formula is C6H14IN. The number of alkyl halides is 1. The van der Waals surface area contributed by atoms with E-state index >= 15 is 0 Å². The van der Waals surface area contributed by atoms with Crippen molar-refractivity contribution in [3.8, 4) is 0 Å². The molecule has 0 aromatic heterocycles. The first-order valence-corrected chi connectivity index (χ1v) is 5.16. The van der Waals surface area contributed by atoms with Crippen LogP contribution >= 0.6 is 22.6 Å². The largest absolute Gasteiger partial charge is 0.314 e. The van der Waals surface area contributed by atoms with E-state index in [1.807, 2.05) is 4.93 Å². The van der Waals surface area contributed by atoms with Crippen LogP contribution in [-0.2, 0) is 0 Å². The summed E-state index contributed by atoms with van der Waals surface area (Å²) in [6.07, 6.45) is 2.75. The van der Waals surface area contributed by atoms with E-state index in [0.29, 0.717) is 0 Å². The summed E-state index contributed by atoms with van der Waals surface area (Å²) < 4.78 is 0. The second-order valence-corrected chi connectivity index (χ2v) is 2.00. The Labute approximate surface area is 65.4 Å². The third-order valence-electron chi connectivity index (χ3n) is 1.31. The van der Waals surface area contributed by atoms with Crippen molar-refractivity contribution in [2.24, 2.45) is 0 Å². The van der Waals surface area contributed by atoms with Crippen molar-refractivity contribution in [1.82, 2.24) is 5.32 Å². The molecule has 0 aliphatic carbocycles. The summed E-state index contributed by atoms with van der Waals surface area (Å²) in [5.41, 5.74) is 0. The Balaban J connectivity index is 0.000000222. The second kappa shape index (κ2) is 5.82. The van der Waals surface area contributed by atoms with Crippen LogP contribution in [0.3, 0.4) is 0 Å². The van der Waals surface area contributed by atoms with Crippen LogP contribution in [0.2, 0.25) is 0 Å². The Morgan fingerprint density at radius 1 is 1.50 bits per heavy atom. The van der Waals surface area contributed by atoms with Gasteiger partial charge in [0, 0.05) is 6.04 Å². The molecule has 1 N–H and O–H groups in total. The molecule has 1 rings (SSSR count). The lowest BCUT2D eigenvalue weighted by atomic mass is 10.3. The molecule has 1 fully saturated rings. The molecule has 0 saturated carbocycles. The van der Waals surface area contributed by atoms with Crippen molar-refractivity contribution in [3.63, 3.8) is 0 Å². The third kappa shape index (κ3) is 3.66. The topological polar surface area (TPSA) is 12.0 Å². The van der Waals surface area contributed by atoms with Crippen molar-refractivity contribution < 1.29 is 0 Å². The zero-order chi connectivity index (χ0) is 6.41. The van der Waals surface area contributed by atoms with E-state index in [0.717, 1.165) is 6.04 Å². The van der Waals surface area contributed by atoms with Gasteiger partial charge in [-0.2, -0.15) is 0 Å². The molecule has 1 atom stereocenters. The zero-order valence-corrected chi connectivity index (χ0v) is 7.73. The maximum absolute atomic E-state index is 3.32. The van der Waals surface area contributed by atoms with Gasteiger partial charge in [-0.15, -0.1) is 0 Å². The first-order chi connectivity index (χ1) is 3.89. The first kappa shape index (κ1) is 8.69. The lowest BCUT2D eigenvalue weighted by Crippen LogP contribution is -2.16. The number of rotatable bonds is 0. The van der Waals surface area contributed by atoms with Gasteiger partial charge in [-0.05, 0) is 31.2 Å². The lowest BCUT2D eigenvalue weighted by Gasteiger charge is -1.95. The molecule has 8 heavy (non-hydrogen) atoms. The van der Waals surface area contributed by atoms with E-state index in [9.17, 15) is 0 Å². The van der Waals surface area contributed by atoms with E-state index in [1.165, 1.54) is 19.4 Å². The minimum absolute atomic E-state index is 0.796. The summed E-state index contributed by atoms with van der Waals surface area (Å²) in [5.74, 6) is 0. The van der Waals surface area contributed by atoms with Gasteiger partial charge in [0.2, 0.25) is 0 Å². The summed E-state index contributed by atoms with van der Waals surface area (Å²) in [5, 5.41) is 3.32. The number of hydrogen-bond acceptors (Lipinski definition) is 1. The Hall–Kier alpha value is 0.690. The smallest absolute Gasteiger partial charge is 0.00391 e. The van der Waals surface area contributed by atoms with Crippen LogP contribution in [-0.4, -0.2) is 17.5 Å². The van der Waals surface area contributed by atoms with Crippen molar-refractivity contribution in [3.05, 3.63) is 0 Å². The summed E-state index contributed by atoms with van der Waals surface area (Å²) in [7, 11) is 0. The van der Waals surface area contributed by atoms with Crippen LogP contribution in [0.1, 0.15) is 19.8 Å². The number of hydrogen-bond donors (Lipinski definition) is 1. The monoisotopic (exact) mass is 227 g/mol. The second-order valence-electron chi connectivity index (χ2n) is 2.00. The molecule has 1 aliphatic rings. The van der Waals surface area contributed by atoms with E-state index < -0.39 is 0 Å². The predicted octanol–water partition coefficient (Wildman–Crippen LogP) is 1.81. The summed E-state index contributed by atoms with van der Waals surface area (Å²) in [6.45, 7) is 3.47. The maximum atomic E-state index is 3.32. The van der Waals surface area contributed by atoms with Gasteiger partial charge in [-0.25, -0.2) is 0 Å². The predicted molar refractivity (Wildman–Crippen MR) is 46.6 cm³/mol. The average molecular weight is 227 g/mol. The van der Waals surface area contributed by atoms with Gasteiger partial charge in [-0.3, -0.25) is 0 Å². The minimum atomic E-state index is 0.796. The minimum Gasteiger partial charge on any atom is -0.314 e. The Morgan fingerprint density at radius 3 is 2.25 bits per heavy atom. The fraction of sp³-hybridized carbons (Fsp3) is 1.00. The Morgan fingerprint density at radius 2 is 2.12 bits per heavy atom. The third-order valence-corrected chi connectivity index (χ3v) is 1.31. The molecule has 0 aromatic rings. The standard InChI is InChI=1S/C5H11N.CH3I/c1-5-3-2-4-6-5;1-2/h5-6H,2-4H2,1H3;1H3. The highest BCUT2D eigenvalue weighted by Crippen LogP contribution is 2.01. The van der Waals surface area contributed by atoms with Crippen molar-refractivity contribution >= 4 is 22.6 Å². The van der Waals surface area contributed by atoms with Crippen LogP contribution in [0.25, 0.3) is 0 Å². The van der Waals surface area contributed by atoms with Crippen molar-refractivity contribution in [2.45, 2.75) is 25.8 Å². The van der Waals surface area contributed by atoms with Crippen molar-refractivity contribution in [1.29, 1.82) is 0 Å². The molecule has 1 saturated heterocycles. The van der Waals surface area contributed by atoms with Gasteiger partial charge >= 0.3 is 0 Å². The molecule has 0 aromatic carbocycles. The molecule has 1 heterocycles. The van der Waals surface area contributed by atoms with Crippen LogP contribution in [0.4, 0.5) is 0 Å². The van der Waals surface area contributed by atoms with Gasteiger partial charge < -0.3 is 5.32 Å². The summed E-state index contributed by atoms with van der Waals surface area (Å²) in [4.78, 5) is 1.97. The summed E-state index contributed by atoms with van der Waals surface area (Å²) >= 11 is 2.15. The molecule has 1 unspecified atom stereocenters. The highest BCUT2D eigenvalue weighted by Gasteiger charge is 2.05. The van der Waals surface area contributed by atoms with E-state index in [1.54, 1.807) is 0 Å². The molecule has 0 spiro atoms. The SMILES string of the molecule is CC1CCCN1.CI. The van der Waals surface area contributed by atoms with Crippen LogP contribution < -0.4 is 5.32 Å². The molecule has 0 bridgehead atoms. The van der Waals surface area contributed by atoms with E-state index in [2.05, 4.69) is 34.8 Å². The van der Waals surface area contributed by atoms with Gasteiger partial charge in [0.1, 0.15) is 0 Å². The number of nitrogens with one attached hydrogen (secondary N) is 1. The van der Waals surface area contributed by atoms with Gasteiger partial charge in [-0.1, -0.05) is 22.6 Å². The Bertz CT molecular complexity index is 41.8. The Kier molecular flexibility index (Phi) is 6.32. The van der Waals surface area contributed by atoms with Gasteiger partial charge in [0.15, 0.2) is 0 Å². The fourth-order valence-corrected chi connectivity index (χ4v) is 0.859. The quantitative estimate of drug-likeness (QED) is 0.491. The molecule has 1 nitrogen and oxygen atoms in total. The number of halogens is 1. The fourth-order valence-electron chi connectivity index (χ4n) is 0.859. The average Bonchev–Trinajstić information content (AvgIpc) is 2.24. The molecule has 2 heteroatoms. The molecule has 50 valence electrons. The maximum Gasteiger partial charge on any atom is 0.00391 e. The highest BCUT2D eigenvalue weighted by molar-refractivity contribution is 14.1. The highest BCUT2D eigenvalue weighted by atomic mass is 127. The van der Waals surface area contributed by atoms with Crippen LogP contribution in [0.5, 0.6) is 0 Å². The van der Waals surface area contributed by atoms with Gasteiger partial charge in [0.05, 0.1) is 0 Å². The normalized spacial score (nSPS) is 26.6. The van der Waals surface area contributed by atoms with E-state index in [-0.39, 0.29) is 0 Å². The summed E-state index contributed by atoms with van der Waals surface area (Å²) in [6, 6.07) is 0.796. The van der Waals surface area contributed by atoms with Crippen molar-refractivity contribution in [2.75, 3.05) is 11.5 Å². The molecule has 1 aliphatic heterocycles.